The second-order valence-electron chi connectivity index (χ2n) is 4.49. The number of hydrogen-bond donors (Lipinski definition) is 1. The molecule has 0 unspecified atom stereocenters. The zero-order valence-corrected chi connectivity index (χ0v) is 15.7. The lowest BCUT2D eigenvalue weighted by Crippen LogP contribution is -2.09. The number of pyridine rings is 2. The third-order valence-electron chi connectivity index (χ3n) is 2.80. The second kappa shape index (κ2) is 7.29. The van der Waals surface area contributed by atoms with Crippen molar-refractivity contribution in [1.29, 1.82) is 0 Å². The van der Waals surface area contributed by atoms with Gasteiger partial charge in [-0.3, -0.25) is 4.98 Å². The largest absolute Gasteiger partial charge is 0.346 e. The van der Waals surface area contributed by atoms with E-state index in [1.165, 1.54) is 6.20 Å². The van der Waals surface area contributed by atoms with E-state index in [0.717, 1.165) is 19.7 Å². The van der Waals surface area contributed by atoms with E-state index >= 15 is 0 Å². The van der Waals surface area contributed by atoms with Crippen LogP contribution in [0.25, 0.3) is 22.1 Å². The summed E-state index contributed by atoms with van der Waals surface area (Å²) in [7, 11) is 0. The first-order valence-electron chi connectivity index (χ1n) is 6.45. The van der Waals surface area contributed by atoms with Crippen molar-refractivity contribution >= 4 is 65.5 Å². The number of halogens is 3. The molecule has 0 saturated carbocycles. The number of rotatable bonds is 0. The summed E-state index contributed by atoms with van der Waals surface area (Å²) >= 11 is 12.2. The van der Waals surface area contributed by atoms with Gasteiger partial charge in [0.25, 0.3) is 0 Å². The van der Waals surface area contributed by atoms with Crippen molar-refractivity contribution in [2.45, 2.75) is 0 Å². The van der Waals surface area contributed by atoms with Crippen molar-refractivity contribution in [3.63, 3.8) is 0 Å². The van der Waals surface area contributed by atoms with Gasteiger partial charge in [0, 0.05) is 44.5 Å². The Bertz CT molecular complexity index is 1050. The van der Waals surface area contributed by atoms with Crippen LogP contribution in [0.4, 0.5) is 0 Å². The van der Waals surface area contributed by atoms with Crippen molar-refractivity contribution in [2.24, 2.45) is 0 Å². The Kier molecular flexibility index (Phi) is 5.12. The molecule has 10 heteroatoms. The number of hydrogen-bond acceptors (Lipinski definition) is 6. The summed E-state index contributed by atoms with van der Waals surface area (Å²) in [6.07, 6.45) is 6.43. The van der Waals surface area contributed by atoms with Crippen LogP contribution in [-0.4, -0.2) is 29.9 Å². The molecule has 0 spiro atoms. The number of H-pyrrole nitrogens is 1. The molecule has 4 aromatic heterocycles. The van der Waals surface area contributed by atoms with Crippen LogP contribution in [0.3, 0.4) is 0 Å². The molecule has 0 amide bonds. The second-order valence-corrected chi connectivity index (χ2v) is 6.65. The minimum atomic E-state index is -0.377. The van der Waals surface area contributed by atoms with Gasteiger partial charge in [-0.1, -0.05) is 0 Å². The van der Waals surface area contributed by atoms with Gasteiger partial charge in [-0.15, -0.1) is 0 Å². The summed E-state index contributed by atoms with van der Waals surface area (Å²) in [5, 5.41) is 1.90. The maximum atomic E-state index is 10.7. The van der Waals surface area contributed by atoms with Gasteiger partial charge in [0.05, 0.1) is 0 Å². The van der Waals surface area contributed by atoms with E-state index in [2.05, 4.69) is 61.8 Å². The average Bonchev–Trinajstić information content (AvgIpc) is 2.56. The Morgan fingerprint density at radius 2 is 1.54 bits per heavy atom. The highest BCUT2D eigenvalue weighted by molar-refractivity contribution is 9.10. The topological polar surface area (TPSA) is 97.3 Å². The molecule has 0 aliphatic heterocycles. The smallest absolute Gasteiger partial charge is 0.290 e. The van der Waals surface area contributed by atoms with Crippen LogP contribution in [0.15, 0.2) is 50.7 Å². The molecule has 0 aliphatic rings. The third kappa shape index (κ3) is 4.11. The summed E-state index contributed by atoms with van der Waals surface area (Å²) < 4.78 is 1.77. The van der Waals surface area contributed by atoms with Gasteiger partial charge in [0.1, 0.15) is 5.65 Å². The van der Waals surface area contributed by atoms with Crippen molar-refractivity contribution in [2.75, 3.05) is 0 Å². The molecule has 0 saturated heterocycles. The Hall–Kier alpha value is -1.97. The monoisotopic (exact) mass is 468 g/mol. The quantitative estimate of drug-likeness (QED) is 0.395. The number of nitrogens with one attached hydrogen (secondary N) is 1. The molecule has 0 fully saturated rings. The first kappa shape index (κ1) is 16.9. The summed E-state index contributed by atoms with van der Waals surface area (Å²) in [5.41, 5.74) is 0.786. The van der Waals surface area contributed by atoms with Crippen LogP contribution < -0.4 is 5.69 Å². The van der Waals surface area contributed by atoms with Gasteiger partial charge < -0.3 is 0 Å². The van der Waals surface area contributed by atoms with Gasteiger partial charge in [-0.05, 0) is 55.6 Å². The first-order valence-corrected chi connectivity index (χ1v) is 8.42. The fourth-order valence-electron chi connectivity index (χ4n) is 1.79. The number of fused-ring (bicyclic) bond motifs is 2. The molecule has 0 atom stereocenters. The molecule has 1 N–H and O–H groups in total. The molecule has 4 rings (SSSR count). The lowest BCUT2D eigenvalue weighted by atomic mass is 10.3. The Morgan fingerprint density at radius 3 is 2.33 bits per heavy atom. The Morgan fingerprint density at radius 1 is 0.875 bits per heavy atom. The molecular formula is C14H7Br2ClN6O. The fourth-order valence-corrected chi connectivity index (χ4v) is 2.62. The zero-order chi connectivity index (χ0) is 17.1. The lowest BCUT2D eigenvalue weighted by Gasteiger charge is -1.95. The normalized spacial score (nSPS) is 10.5. The maximum absolute atomic E-state index is 10.7. The molecule has 0 aliphatic carbocycles. The van der Waals surface area contributed by atoms with E-state index in [0.29, 0.717) is 11.3 Å². The Balaban J connectivity index is 0.000000141. The standard InChI is InChI=1S/C7H3BrClN3.C7H4BrN3O/c8-5-1-4-2-11-7(9)12-6(4)10-3-5;8-5-1-4-2-10-7(12)11-6(4)9-3-5/h1-3H;1-3H,(H,9,10,11,12). The number of aromatic nitrogens is 6. The lowest BCUT2D eigenvalue weighted by molar-refractivity contribution is 1.09. The van der Waals surface area contributed by atoms with E-state index in [9.17, 15) is 4.79 Å². The Labute approximate surface area is 156 Å². The highest BCUT2D eigenvalue weighted by atomic mass is 79.9. The van der Waals surface area contributed by atoms with Crippen molar-refractivity contribution in [3.8, 4) is 0 Å². The molecule has 0 aromatic carbocycles. The van der Waals surface area contributed by atoms with Gasteiger partial charge >= 0.3 is 5.69 Å². The maximum Gasteiger partial charge on any atom is 0.346 e. The summed E-state index contributed by atoms with van der Waals surface area (Å²) in [4.78, 5) is 32.7. The molecule has 7 nitrogen and oxygen atoms in total. The molecule has 24 heavy (non-hydrogen) atoms. The van der Waals surface area contributed by atoms with E-state index in [1.807, 2.05) is 12.1 Å². The van der Waals surface area contributed by atoms with E-state index in [1.54, 1.807) is 18.6 Å². The molecule has 120 valence electrons. The number of nitrogens with zero attached hydrogens (tertiary/aromatic N) is 5. The van der Waals surface area contributed by atoms with Gasteiger partial charge in [-0.25, -0.2) is 24.7 Å². The zero-order valence-electron chi connectivity index (χ0n) is 11.7. The summed E-state index contributed by atoms with van der Waals surface area (Å²) in [6, 6.07) is 3.73. The average molecular weight is 471 g/mol. The van der Waals surface area contributed by atoms with E-state index in [4.69, 9.17) is 11.6 Å². The van der Waals surface area contributed by atoms with Crippen molar-refractivity contribution in [1.82, 2.24) is 29.9 Å². The summed E-state index contributed by atoms with van der Waals surface area (Å²) in [5.74, 6) is 0. The molecular weight excluding hydrogens is 463 g/mol. The summed E-state index contributed by atoms with van der Waals surface area (Å²) in [6.45, 7) is 0. The van der Waals surface area contributed by atoms with Crippen molar-refractivity contribution in [3.05, 3.63) is 61.6 Å². The van der Waals surface area contributed by atoms with Gasteiger partial charge in [0.15, 0.2) is 5.65 Å². The molecule has 4 aromatic rings. The molecule has 4 heterocycles. The van der Waals surface area contributed by atoms with Crippen LogP contribution in [0.2, 0.25) is 5.28 Å². The van der Waals surface area contributed by atoms with Crippen LogP contribution in [-0.2, 0) is 0 Å². The van der Waals surface area contributed by atoms with E-state index in [-0.39, 0.29) is 11.0 Å². The third-order valence-corrected chi connectivity index (χ3v) is 3.85. The van der Waals surface area contributed by atoms with E-state index < -0.39 is 0 Å². The highest BCUT2D eigenvalue weighted by Gasteiger charge is 1.98. The van der Waals surface area contributed by atoms with Crippen LogP contribution >= 0.6 is 43.5 Å². The minimum absolute atomic E-state index is 0.220. The molecule has 0 bridgehead atoms. The van der Waals surface area contributed by atoms with Crippen LogP contribution in [0, 0.1) is 0 Å². The number of aromatic amines is 1. The van der Waals surface area contributed by atoms with Gasteiger partial charge in [0.2, 0.25) is 5.28 Å². The minimum Gasteiger partial charge on any atom is -0.290 e. The SMILES string of the molecule is Clc1ncc2cc(Br)cnc2n1.O=c1ncc2cc(Br)cnc2[nH]1. The highest BCUT2D eigenvalue weighted by Crippen LogP contribution is 2.15. The van der Waals surface area contributed by atoms with Crippen molar-refractivity contribution < 1.29 is 0 Å². The first-order chi connectivity index (χ1) is 11.5. The molecule has 0 radical (unpaired) electrons. The van der Waals surface area contributed by atoms with Crippen LogP contribution in [0.1, 0.15) is 0 Å². The predicted octanol–water partition coefficient (Wildman–Crippen LogP) is 3.52. The van der Waals surface area contributed by atoms with Gasteiger partial charge in [-0.2, -0.15) is 4.98 Å². The van der Waals surface area contributed by atoms with Crippen LogP contribution in [0.5, 0.6) is 0 Å². The predicted molar refractivity (Wildman–Crippen MR) is 97.9 cm³/mol. The fraction of sp³-hybridized carbons (Fsp3) is 0.